The van der Waals surface area contributed by atoms with Gasteiger partial charge in [-0.1, -0.05) is 30.7 Å². The van der Waals surface area contributed by atoms with Crippen molar-refractivity contribution in [3.63, 3.8) is 0 Å². The fourth-order valence-corrected chi connectivity index (χ4v) is 2.82. The van der Waals surface area contributed by atoms with E-state index in [1.165, 1.54) is 5.56 Å². The minimum Gasteiger partial charge on any atom is -0.464 e. The lowest BCUT2D eigenvalue weighted by atomic mass is 9.84. The summed E-state index contributed by atoms with van der Waals surface area (Å²) in [4.78, 5) is 12.4. The van der Waals surface area contributed by atoms with E-state index in [9.17, 15) is 4.79 Å². The molecule has 1 N–H and O–H groups in total. The zero-order valence-corrected chi connectivity index (χ0v) is 11.2. The van der Waals surface area contributed by atoms with Crippen molar-refractivity contribution in [2.45, 2.75) is 38.1 Å². The van der Waals surface area contributed by atoms with Gasteiger partial charge in [-0.05, 0) is 44.4 Å². The third-order valence-corrected chi connectivity index (χ3v) is 3.78. The van der Waals surface area contributed by atoms with Gasteiger partial charge in [0.2, 0.25) is 0 Å². The van der Waals surface area contributed by atoms with E-state index in [0.29, 0.717) is 6.61 Å². The second-order valence-electron chi connectivity index (χ2n) is 4.74. The highest BCUT2D eigenvalue weighted by Crippen LogP contribution is 2.35. The predicted molar refractivity (Wildman–Crippen MR) is 71.4 cm³/mol. The number of fused-ring (bicyclic) bond motifs is 1. The second-order valence-corrected chi connectivity index (χ2v) is 4.74. The normalized spacial score (nSPS) is 23.0. The van der Waals surface area contributed by atoms with Crippen LogP contribution in [0, 0.1) is 0 Å². The molecule has 0 amide bonds. The van der Waals surface area contributed by atoms with E-state index >= 15 is 0 Å². The van der Waals surface area contributed by atoms with Crippen LogP contribution >= 0.6 is 0 Å². The highest BCUT2D eigenvalue weighted by Gasteiger charge is 2.42. The Morgan fingerprint density at radius 1 is 1.39 bits per heavy atom. The Hall–Kier alpha value is -1.35. The fourth-order valence-electron chi connectivity index (χ4n) is 2.82. The van der Waals surface area contributed by atoms with Gasteiger partial charge < -0.3 is 10.1 Å². The van der Waals surface area contributed by atoms with Gasteiger partial charge >= 0.3 is 5.97 Å². The Bertz CT molecular complexity index is 430. The van der Waals surface area contributed by atoms with E-state index < -0.39 is 5.54 Å². The summed E-state index contributed by atoms with van der Waals surface area (Å²) in [5.41, 5.74) is 1.68. The van der Waals surface area contributed by atoms with Crippen molar-refractivity contribution in [1.82, 2.24) is 5.32 Å². The third-order valence-electron chi connectivity index (χ3n) is 3.78. The topological polar surface area (TPSA) is 38.3 Å². The first-order valence-corrected chi connectivity index (χ1v) is 6.69. The van der Waals surface area contributed by atoms with E-state index in [4.69, 9.17) is 4.74 Å². The lowest BCUT2D eigenvalue weighted by Crippen LogP contribution is -2.48. The van der Waals surface area contributed by atoms with Gasteiger partial charge in [0.25, 0.3) is 0 Å². The van der Waals surface area contributed by atoms with Crippen LogP contribution in [-0.4, -0.2) is 19.6 Å². The number of rotatable bonds is 3. The summed E-state index contributed by atoms with van der Waals surface area (Å²) in [6.45, 7) is 2.27. The number of esters is 1. The molecular weight excluding hydrogens is 226 g/mol. The largest absolute Gasteiger partial charge is 0.464 e. The van der Waals surface area contributed by atoms with E-state index in [1.54, 1.807) is 0 Å². The molecule has 1 unspecified atom stereocenters. The minimum absolute atomic E-state index is 0.151. The van der Waals surface area contributed by atoms with Crippen LogP contribution in [0.4, 0.5) is 0 Å². The Balaban J connectivity index is 2.49. The van der Waals surface area contributed by atoms with Crippen LogP contribution in [0.1, 0.15) is 37.3 Å². The van der Waals surface area contributed by atoms with Crippen LogP contribution in [0.2, 0.25) is 0 Å². The molecule has 0 saturated heterocycles. The van der Waals surface area contributed by atoms with E-state index in [2.05, 4.69) is 11.4 Å². The van der Waals surface area contributed by atoms with E-state index in [0.717, 1.165) is 31.2 Å². The smallest absolute Gasteiger partial charge is 0.330 e. The van der Waals surface area contributed by atoms with Gasteiger partial charge in [-0.2, -0.15) is 0 Å². The molecule has 0 spiro atoms. The van der Waals surface area contributed by atoms with Gasteiger partial charge in [0.05, 0.1) is 6.61 Å². The van der Waals surface area contributed by atoms with Gasteiger partial charge in [-0.15, -0.1) is 0 Å². The number of hydrogen-bond acceptors (Lipinski definition) is 3. The van der Waals surface area contributed by atoms with Crippen molar-refractivity contribution < 1.29 is 9.53 Å². The van der Waals surface area contributed by atoms with Gasteiger partial charge in [-0.3, -0.25) is 0 Å². The first-order valence-electron chi connectivity index (χ1n) is 6.69. The number of carbonyl (C=O) groups is 1. The Kier molecular flexibility index (Phi) is 4.02. The molecule has 0 bridgehead atoms. The summed E-state index contributed by atoms with van der Waals surface area (Å²) in [7, 11) is 1.85. The van der Waals surface area contributed by atoms with Crippen molar-refractivity contribution >= 4 is 5.97 Å². The van der Waals surface area contributed by atoms with Crippen LogP contribution in [0.5, 0.6) is 0 Å². The van der Waals surface area contributed by atoms with Crippen LogP contribution in [0.25, 0.3) is 0 Å². The highest BCUT2D eigenvalue weighted by molar-refractivity contribution is 5.83. The van der Waals surface area contributed by atoms with Crippen LogP contribution in [-0.2, 0) is 21.5 Å². The quantitative estimate of drug-likeness (QED) is 0.658. The van der Waals surface area contributed by atoms with Crippen molar-refractivity contribution in [3.8, 4) is 0 Å². The highest BCUT2D eigenvalue weighted by atomic mass is 16.5. The van der Waals surface area contributed by atoms with E-state index in [-0.39, 0.29) is 5.97 Å². The number of ether oxygens (including phenoxy) is 1. The monoisotopic (exact) mass is 247 g/mol. The third kappa shape index (κ3) is 2.15. The Morgan fingerprint density at radius 3 is 2.89 bits per heavy atom. The molecule has 0 fully saturated rings. The Labute approximate surface area is 109 Å². The molecule has 0 aromatic heterocycles. The standard InChI is InChI=1S/C15H21NO2/c1-3-18-14(17)15(16-2)11-7-6-9-12-8-4-5-10-13(12)15/h4-5,8,10,16H,3,6-7,9,11H2,1-2H3. The summed E-state index contributed by atoms with van der Waals surface area (Å²) in [6, 6.07) is 8.20. The minimum atomic E-state index is -0.664. The SMILES string of the molecule is CCOC(=O)C1(NC)CCCCc2ccccc21. The molecule has 98 valence electrons. The van der Waals surface area contributed by atoms with Crippen molar-refractivity contribution in [3.05, 3.63) is 35.4 Å². The lowest BCUT2D eigenvalue weighted by Gasteiger charge is -2.31. The first kappa shape index (κ1) is 13.1. The number of aryl methyl sites for hydroxylation is 1. The first-order chi connectivity index (χ1) is 8.74. The molecular formula is C15H21NO2. The number of carbonyl (C=O) groups excluding carboxylic acids is 1. The van der Waals surface area contributed by atoms with Gasteiger partial charge in [0.15, 0.2) is 0 Å². The van der Waals surface area contributed by atoms with Gasteiger partial charge in [0, 0.05) is 0 Å². The second kappa shape index (κ2) is 5.53. The molecule has 0 heterocycles. The molecule has 1 aliphatic carbocycles. The van der Waals surface area contributed by atoms with Crippen LogP contribution in [0.15, 0.2) is 24.3 Å². The molecule has 1 atom stereocenters. The molecule has 0 aliphatic heterocycles. The van der Waals surface area contributed by atoms with Crippen molar-refractivity contribution in [2.24, 2.45) is 0 Å². The summed E-state index contributed by atoms with van der Waals surface area (Å²) in [5.74, 6) is -0.151. The summed E-state index contributed by atoms with van der Waals surface area (Å²) >= 11 is 0. The molecule has 3 heteroatoms. The van der Waals surface area contributed by atoms with Gasteiger partial charge in [0.1, 0.15) is 5.54 Å². The average molecular weight is 247 g/mol. The number of nitrogens with one attached hydrogen (secondary N) is 1. The summed E-state index contributed by atoms with van der Waals surface area (Å²) < 4.78 is 5.29. The van der Waals surface area contributed by atoms with E-state index in [1.807, 2.05) is 32.2 Å². The molecule has 1 aliphatic rings. The van der Waals surface area contributed by atoms with Gasteiger partial charge in [-0.25, -0.2) is 4.79 Å². The fraction of sp³-hybridized carbons (Fsp3) is 0.533. The maximum Gasteiger partial charge on any atom is 0.330 e. The summed E-state index contributed by atoms with van der Waals surface area (Å²) in [5, 5.41) is 3.22. The maximum atomic E-state index is 12.4. The molecule has 2 rings (SSSR count). The number of benzene rings is 1. The van der Waals surface area contributed by atoms with Crippen molar-refractivity contribution in [1.29, 1.82) is 0 Å². The molecule has 0 saturated carbocycles. The van der Waals surface area contributed by atoms with Crippen LogP contribution in [0.3, 0.4) is 0 Å². The predicted octanol–water partition coefficient (Wildman–Crippen LogP) is 2.39. The molecule has 0 radical (unpaired) electrons. The average Bonchev–Trinajstić information content (AvgIpc) is 2.59. The number of hydrogen-bond donors (Lipinski definition) is 1. The molecule has 18 heavy (non-hydrogen) atoms. The zero-order chi connectivity index (χ0) is 13.0. The number of likely N-dealkylation sites (N-methyl/N-ethyl adjacent to an activating group) is 1. The zero-order valence-electron chi connectivity index (χ0n) is 11.2. The Morgan fingerprint density at radius 2 is 2.17 bits per heavy atom. The lowest BCUT2D eigenvalue weighted by molar-refractivity contribution is -0.152. The van der Waals surface area contributed by atoms with Crippen LogP contribution < -0.4 is 5.32 Å². The van der Waals surface area contributed by atoms with Crippen molar-refractivity contribution in [2.75, 3.05) is 13.7 Å². The molecule has 1 aromatic carbocycles. The summed E-state index contributed by atoms with van der Waals surface area (Å²) in [6.07, 6.45) is 4.01. The molecule has 1 aromatic rings. The molecule has 3 nitrogen and oxygen atoms in total. The maximum absolute atomic E-state index is 12.4.